The van der Waals surface area contributed by atoms with Crippen molar-refractivity contribution in [3.05, 3.63) is 17.5 Å². The molecule has 1 saturated heterocycles. The molecule has 1 aromatic heterocycles. The van der Waals surface area contributed by atoms with Gasteiger partial charge in [0.25, 0.3) is 0 Å². The van der Waals surface area contributed by atoms with Crippen molar-refractivity contribution in [2.75, 3.05) is 6.61 Å². The minimum Gasteiger partial charge on any atom is -0.394 e. The number of hydrogen-bond acceptors (Lipinski definition) is 4. The Morgan fingerprint density at radius 2 is 2.14 bits per heavy atom. The quantitative estimate of drug-likeness (QED) is 0.889. The number of aliphatic hydroxyl groups excluding tert-OH is 1. The van der Waals surface area contributed by atoms with Crippen LogP contribution in [0.2, 0.25) is 0 Å². The van der Waals surface area contributed by atoms with Crippen molar-refractivity contribution in [2.24, 2.45) is 0 Å². The van der Waals surface area contributed by atoms with Gasteiger partial charge in [0.05, 0.1) is 31.6 Å². The summed E-state index contributed by atoms with van der Waals surface area (Å²) in [6.07, 6.45) is 8.29. The van der Waals surface area contributed by atoms with E-state index < -0.39 is 0 Å². The molecule has 0 saturated carbocycles. The fourth-order valence-corrected chi connectivity index (χ4v) is 3.91. The average molecular weight is 293 g/mol. The highest BCUT2D eigenvalue weighted by molar-refractivity contribution is 5.25. The zero-order valence-corrected chi connectivity index (χ0v) is 13.1. The zero-order chi connectivity index (χ0) is 14.8. The zero-order valence-electron chi connectivity index (χ0n) is 13.1. The van der Waals surface area contributed by atoms with Crippen LogP contribution in [0.5, 0.6) is 0 Å². The van der Waals surface area contributed by atoms with Gasteiger partial charge in [0.1, 0.15) is 0 Å². The van der Waals surface area contributed by atoms with Gasteiger partial charge < -0.3 is 15.2 Å². The molecule has 0 amide bonds. The van der Waals surface area contributed by atoms with Gasteiger partial charge in [0.15, 0.2) is 0 Å². The van der Waals surface area contributed by atoms with Gasteiger partial charge >= 0.3 is 0 Å². The summed E-state index contributed by atoms with van der Waals surface area (Å²) in [7, 11) is 0. The molecule has 3 rings (SSSR count). The molecule has 2 heterocycles. The lowest BCUT2D eigenvalue weighted by Gasteiger charge is -2.36. The van der Waals surface area contributed by atoms with E-state index >= 15 is 0 Å². The van der Waals surface area contributed by atoms with Crippen molar-refractivity contribution >= 4 is 0 Å². The molecule has 21 heavy (non-hydrogen) atoms. The second kappa shape index (κ2) is 6.46. The number of hydrogen-bond donors (Lipinski definition) is 2. The van der Waals surface area contributed by atoms with Gasteiger partial charge in [-0.05, 0) is 46.0 Å². The smallest absolute Gasteiger partial charge is 0.0644 e. The third-order valence-corrected chi connectivity index (χ3v) is 4.71. The first kappa shape index (κ1) is 15.0. The Hall–Kier alpha value is -0.910. The van der Waals surface area contributed by atoms with Crippen LogP contribution in [-0.2, 0) is 17.7 Å². The number of rotatable bonds is 4. The van der Waals surface area contributed by atoms with Crippen molar-refractivity contribution in [2.45, 2.75) is 76.8 Å². The Morgan fingerprint density at radius 1 is 1.38 bits per heavy atom. The summed E-state index contributed by atoms with van der Waals surface area (Å²) < 4.78 is 7.80. The molecule has 0 bridgehead atoms. The number of nitrogens with zero attached hydrogens (tertiary/aromatic N) is 2. The predicted octanol–water partition coefficient (Wildman–Crippen LogP) is 1.80. The maximum atomic E-state index is 9.13. The van der Waals surface area contributed by atoms with E-state index in [0.29, 0.717) is 30.8 Å². The van der Waals surface area contributed by atoms with Crippen molar-refractivity contribution in [3.63, 3.8) is 0 Å². The summed E-state index contributed by atoms with van der Waals surface area (Å²) >= 11 is 0. The van der Waals surface area contributed by atoms with Crippen molar-refractivity contribution in [1.29, 1.82) is 0 Å². The third kappa shape index (κ3) is 3.30. The van der Waals surface area contributed by atoms with E-state index in [-0.39, 0.29) is 6.61 Å². The lowest BCUT2D eigenvalue weighted by atomic mass is 9.90. The van der Waals surface area contributed by atoms with Crippen LogP contribution in [0.1, 0.15) is 56.8 Å². The fourth-order valence-electron chi connectivity index (χ4n) is 3.91. The summed E-state index contributed by atoms with van der Waals surface area (Å²) in [6.45, 7) is 5.08. The van der Waals surface area contributed by atoms with Crippen LogP contribution in [0.15, 0.2) is 6.20 Å². The molecule has 5 heteroatoms. The van der Waals surface area contributed by atoms with E-state index in [2.05, 4.69) is 24.3 Å². The Labute approximate surface area is 126 Å². The molecule has 1 aliphatic carbocycles. The highest BCUT2D eigenvalue weighted by Gasteiger charge is 2.30. The van der Waals surface area contributed by atoms with Crippen LogP contribution >= 0.6 is 0 Å². The molecule has 118 valence electrons. The van der Waals surface area contributed by atoms with Gasteiger partial charge in [-0.25, -0.2) is 0 Å². The second-order valence-corrected chi connectivity index (χ2v) is 6.53. The highest BCUT2D eigenvalue weighted by Crippen LogP contribution is 2.31. The molecule has 1 aliphatic heterocycles. The minimum absolute atomic E-state index is 0.154. The number of fused-ring (bicyclic) bond motifs is 1. The van der Waals surface area contributed by atoms with Gasteiger partial charge in [-0.2, -0.15) is 5.10 Å². The van der Waals surface area contributed by atoms with Crippen LogP contribution in [-0.4, -0.2) is 39.7 Å². The fraction of sp³-hybridized carbons (Fsp3) is 0.812. The number of nitrogens with one attached hydrogen (secondary N) is 1. The molecule has 2 aliphatic rings. The summed E-state index contributed by atoms with van der Waals surface area (Å²) in [5.41, 5.74) is 2.64. The van der Waals surface area contributed by atoms with Crippen molar-refractivity contribution in [3.8, 4) is 0 Å². The molecule has 0 aromatic carbocycles. The minimum atomic E-state index is 0.154. The molecular formula is C16H27N3O2. The van der Waals surface area contributed by atoms with E-state index in [1.54, 1.807) is 0 Å². The average Bonchev–Trinajstić information content (AvgIpc) is 2.83. The largest absolute Gasteiger partial charge is 0.394 e. The topological polar surface area (TPSA) is 59.3 Å². The molecule has 2 N–H and O–H groups in total. The van der Waals surface area contributed by atoms with Gasteiger partial charge in [-0.15, -0.1) is 0 Å². The van der Waals surface area contributed by atoms with Crippen LogP contribution in [0, 0.1) is 0 Å². The van der Waals surface area contributed by atoms with E-state index in [4.69, 9.17) is 9.84 Å². The number of ether oxygens (including phenoxy) is 1. The summed E-state index contributed by atoms with van der Waals surface area (Å²) in [5, 5.41) is 17.4. The Morgan fingerprint density at radius 3 is 2.86 bits per heavy atom. The molecule has 3 unspecified atom stereocenters. The Bertz CT molecular complexity index is 464. The van der Waals surface area contributed by atoms with E-state index in [0.717, 1.165) is 19.3 Å². The normalized spacial score (nSPS) is 32.9. The van der Waals surface area contributed by atoms with Crippen molar-refractivity contribution < 1.29 is 9.84 Å². The monoisotopic (exact) mass is 293 g/mol. The standard InChI is InChI=1S/C16H27N3O2/c1-11-8-13(9-12(2)21-11)18-15-4-3-5-16-14(15)10-17-19(16)6-7-20/h10-13,15,18,20H,3-9H2,1-2H3. The van der Waals surface area contributed by atoms with Crippen molar-refractivity contribution in [1.82, 2.24) is 15.1 Å². The van der Waals surface area contributed by atoms with Crippen LogP contribution in [0.4, 0.5) is 0 Å². The molecule has 3 atom stereocenters. The van der Waals surface area contributed by atoms with E-state index in [9.17, 15) is 0 Å². The molecule has 1 aromatic rings. The first-order valence-corrected chi connectivity index (χ1v) is 8.24. The van der Waals surface area contributed by atoms with Crippen LogP contribution in [0.25, 0.3) is 0 Å². The molecule has 5 nitrogen and oxygen atoms in total. The predicted molar refractivity (Wildman–Crippen MR) is 81.2 cm³/mol. The number of aromatic nitrogens is 2. The van der Waals surface area contributed by atoms with Gasteiger partial charge in [-0.3, -0.25) is 4.68 Å². The first-order chi connectivity index (χ1) is 10.2. The summed E-state index contributed by atoms with van der Waals surface area (Å²) in [5.74, 6) is 0. The Balaban J connectivity index is 1.70. The Kier molecular flexibility index (Phi) is 4.62. The van der Waals surface area contributed by atoms with Gasteiger partial charge in [-0.1, -0.05) is 0 Å². The lowest BCUT2D eigenvalue weighted by molar-refractivity contribution is -0.0439. The van der Waals surface area contributed by atoms with Crippen LogP contribution in [0.3, 0.4) is 0 Å². The molecule has 0 radical (unpaired) electrons. The maximum Gasteiger partial charge on any atom is 0.0644 e. The first-order valence-electron chi connectivity index (χ1n) is 8.24. The second-order valence-electron chi connectivity index (χ2n) is 6.53. The molecular weight excluding hydrogens is 266 g/mol. The summed E-state index contributed by atoms with van der Waals surface area (Å²) in [4.78, 5) is 0. The van der Waals surface area contributed by atoms with E-state index in [1.807, 2.05) is 10.9 Å². The number of aliphatic hydroxyl groups is 1. The highest BCUT2D eigenvalue weighted by atomic mass is 16.5. The van der Waals surface area contributed by atoms with Gasteiger partial charge in [0.2, 0.25) is 0 Å². The molecule has 1 fully saturated rings. The maximum absolute atomic E-state index is 9.13. The SMILES string of the molecule is CC1CC(NC2CCCc3c2cnn3CCO)CC(C)O1. The lowest BCUT2D eigenvalue weighted by Crippen LogP contribution is -2.43. The van der Waals surface area contributed by atoms with Gasteiger partial charge in [0, 0.05) is 23.3 Å². The third-order valence-electron chi connectivity index (χ3n) is 4.71. The molecule has 0 spiro atoms. The van der Waals surface area contributed by atoms with E-state index in [1.165, 1.54) is 24.1 Å². The summed E-state index contributed by atoms with van der Waals surface area (Å²) in [6, 6.07) is 0.935. The van der Waals surface area contributed by atoms with Crippen LogP contribution < -0.4 is 5.32 Å².